The highest BCUT2D eigenvalue weighted by molar-refractivity contribution is 7.98. The molecular formula is C24H23N3O4S2. The fourth-order valence-electron chi connectivity index (χ4n) is 3.64. The Balaban J connectivity index is 1.83. The van der Waals surface area contributed by atoms with Crippen molar-refractivity contribution in [1.29, 1.82) is 0 Å². The van der Waals surface area contributed by atoms with Crippen molar-refractivity contribution in [1.82, 2.24) is 9.55 Å². The maximum absolute atomic E-state index is 13.7. The van der Waals surface area contributed by atoms with Crippen molar-refractivity contribution in [3.05, 3.63) is 85.0 Å². The van der Waals surface area contributed by atoms with Crippen LogP contribution in [0, 0.1) is 17.0 Å². The molecule has 0 aliphatic heterocycles. The Morgan fingerprint density at radius 1 is 1.21 bits per heavy atom. The molecule has 0 saturated heterocycles. The normalized spacial score (nSPS) is 11.1. The second kappa shape index (κ2) is 9.76. The Morgan fingerprint density at radius 3 is 2.64 bits per heavy atom. The third-order valence-electron chi connectivity index (χ3n) is 5.33. The van der Waals surface area contributed by atoms with E-state index in [2.05, 4.69) is 6.92 Å². The number of aromatic nitrogens is 2. The van der Waals surface area contributed by atoms with E-state index >= 15 is 0 Å². The molecular weight excluding hydrogens is 458 g/mol. The molecule has 170 valence electrons. The van der Waals surface area contributed by atoms with Crippen molar-refractivity contribution in [3.8, 4) is 11.4 Å². The smallest absolute Gasteiger partial charge is 0.269 e. The third-order valence-corrected chi connectivity index (χ3v) is 7.58. The summed E-state index contributed by atoms with van der Waals surface area (Å²) in [6.07, 6.45) is 1.90. The van der Waals surface area contributed by atoms with Gasteiger partial charge in [0.1, 0.15) is 10.6 Å². The van der Waals surface area contributed by atoms with Crippen molar-refractivity contribution < 1.29 is 9.66 Å². The average Bonchev–Trinajstić information content (AvgIpc) is 3.13. The molecule has 2 aromatic carbocycles. The average molecular weight is 482 g/mol. The molecule has 0 N–H and O–H groups in total. The van der Waals surface area contributed by atoms with Gasteiger partial charge in [0, 0.05) is 22.8 Å². The van der Waals surface area contributed by atoms with E-state index in [0.717, 1.165) is 28.8 Å². The first-order chi connectivity index (χ1) is 15.9. The lowest BCUT2D eigenvalue weighted by molar-refractivity contribution is -0.384. The van der Waals surface area contributed by atoms with Gasteiger partial charge in [0.15, 0.2) is 5.16 Å². The zero-order chi connectivity index (χ0) is 23.5. The molecule has 2 aromatic heterocycles. The molecule has 9 heteroatoms. The van der Waals surface area contributed by atoms with Crippen LogP contribution in [0.15, 0.2) is 58.5 Å². The first-order valence-corrected chi connectivity index (χ1v) is 12.3. The third kappa shape index (κ3) is 4.65. The van der Waals surface area contributed by atoms with Crippen LogP contribution in [0.4, 0.5) is 5.69 Å². The quantitative estimate of drug-likeness (QED) is 0.134. The number of nitrogens with zero attached hydrogens (tertiary/aromatic N) is 3. The van der Waals surface area contributed by atoms with E-state index in [-0.39, 0.29) is 11.2 Å². The zero-order valence-electron chi connectivity index (χ0n) is 18.5. The number of fused-ring (bicyclic) bond motifs is 1. The van der Waals surface area contributed by atoms with E-state index in [0.29, 0.717) is 27.7 Å². The highest BCUT2D eigenvalue weighted by Gasteiger charge is 2.19. The van der Waals surface area contributed by atoms with Crippen LogP contribution in [0.3, 0.4) is 0 Å². The van der Waals surface area contributed by atoms with Crippen LogP contribution < -0.4 is 10.3 Å². The molecule has 0 unspecified atom stereocenters. The van der Waals surface area contributed by atoms with E-state index in [9.17, 15) is 14.9 Å². The van der Waals surface area contributed by atoms with Gasteiger partial charge in [-0.15, -0.1) is 11.3 Å². The van der Waals surface area contributed by atoms with Gasteiger partial charge in [0.25, 0.3) is 11.2 Å². The summed E-state index contributed by atoms with van der Waals surface area (Å²) in [5.41, 5.74) is 2.41. The number of ether oxygens (including phenoxy) is 1. The molecule has 4 aromatic rings. The summed E-state index contributed by atoms with van der Waals surface area (Å²) in [6, 6.07) is 13.8. The Hall–Kier alpha value is -3.17. The predicted molar refractivity (Wildman–Crippen MR) is 133 cm³/mol. The largest absolute Gasteiger partial charge is 0.497 e. The van der Waals surface area contributed by atoms with Crippen LogP contribution in [0.2, 0.25) is 0 Å². The summed E-state index contributed by atoms with van der Waals surface area (Å²) < 4.78 is 6.88. The fourth-order valence-corrected chi connectivity index (χ4v) is 5.92. The molecule has 2 heterocycles. The van der Waals surface area contributed by atoms with E-state index in [1.54, 1.807) is 35.1 Å². The predicted octanol–water partition coefficient (Wildman–Crippen LogP) is 5.92. The van der Waals surface area contributed by atoms with Crippen molar-refractivity contribution in [2.24, 2.45) is 0 Å². The van der Waals surface area contributed by atoms with Crippen LogP contribution >= 0.6 is 23.1 Å². The molecule has 0 amide bonds. The number of hydrogen-bond acceptors (Lipinski definition) is 7. The lowest BCUT2D eigenvalue weighted by atomic mass is 10.1. The number of thiophene rings is 1. The number of rotatable bonds is 8. The number of thioether (sulfide) groups is 1. The van der Waals surface area contributed by atoms with Gasteiger partial charge in [0.2, 0.25) is 0 Å². The maximum Gasteiger partial charge on any atom is 0.269 e. The maximum atomic E-state index is 13.7. The van der Waals surface area contributed by atoms with E-state index in [1.165, 1.54) is 22.7 Å². The van der Waals surface area contributed by atoms with Gasteiger partial charge in [-0.25, -0.2) is 4.98 Å². The standard InChI is InChI=1S/C24H23N3O4S2/c1-4-6-20-15(2)21-22(33-20)25-24(32-14-16-7-5-8-18(13-16)27(29)30)26(23(21)28)17-9-11-19(31-3)12-10-17/h5,7-13H,4,6,14H2,1-3H3. The lowest BCUT2D eigenvalue weighted by Crippen LogP contribution is -2.21. The van der Waals surface area contributed by atoms with Gasteiger partial charge in [-0.3, -0.25) is 19.5 Å². The molecule has 0 spiro atoms. The summed E-state index contributed by atoms with van der Waals surface area (Å²) in [7, 11) is 1.60. The lowest BCUT2D eigenvalue weighted by Gasteiger charge is -2.13. The Kier molecular flexibility index (Phi) is 6.80. The number of aryl methyl sites for hydroxylation is 2. The minimum atomic E-state index is -0.407. The second-order valence-electron chi connectivity index (χ2n) is 7.53. The van der Waals surface area contributed by atoms with Crippen LogP contribution in [0.5, 0.6) is 5.75 Å². The second-order valence-corrected chi connectivity index (χ2v) is 9.56. The van der Waals surface area contributed by atoms with Gasteiger partial charge < -0.3 is 4.74 Å². The molecule has 0 radical (unpaired) electrons. The van der Waals surface area contributed by atoms with Crippen molar-refractivity contribution >= 4 is 39.0 Å². The number of nitro benzene ring substituents is 1. The van der Waals surface area contributed by atoms with Gasteiger partial charge in [-0.1, -0.05) is 37.2 Å². The summed E-state index contributed by atoms with van der Waals surface area (Å²) in [5.74, 6) is 1.14. The van der Waals surface area contributed by atoms with E-state index < -0.39 is 4.92 Å². The van der Waals surface area contributed by atoms with Crippen LogP contribution in [0.1, 0.15) is 29.3 Å². The highest BCUT2D eigenvalue weighted by atomic mass is 32.2. The number of nitro groups is 1. The SMILES string of the molecule is CCCc1sc2nc(SCc3cccc([N+](=O)[O-])c3)n(-c3ccc(OC)cc3)c(=O)c2c1C. The summed E-state index contributed by atoms with van der Waals surface area (Å²) in [4.78, 5) is 31.2. The summed E-state index contributed by atoms with van der Waals surface area (Å²) in [5, 5.41) is 12.3. The summed E-state index contributed by atoms with van der Waals surface area (Å²) >= 11 is 2.96. The monoisotopic (exact) mass is 481 g/mol. The summed E-state index contributed by atoms with van der Waals surface area (Å²) in [6.45, 7) is 4.11. The Bertz CT molecular complexity index is 1380. The van der Waals surface area contributed by atoms with Crippen molar-refractivity contribution in [2.45, 2.75) is 37.6 Å². The van der Waals surface area contributed by atoms with Gasteiger partial charge >= 0.3 is 0 Å². The number of methoxy groups -OCH3 is 1. The first-order valence-electron chi connectivity index (χ1n) is 10.5. The van der Waals surface area contributed by atoms with Crippen molar-refractivity contribution in [3.63, 3.8) is 0 Å². The molecule has 0 fully saturated rings. The first kappa shape index (κ1) is 23.0. The molecule has 4 rings (SSSR count). The number of hydrogen-bond donors (Lipinski definition) is 0. The number of benzene rings is 2. The fraction of sp³-hybridized carbons (Fsp3) is 0.250. The molecule has 0 saturated carbocycles. The van der Waals surface area contributed by atoms with Crippen LogP contribution in [0.25, 0.3) is 15.9 Å². The topological polar surface area (TPSA) is 87.3 Å². The molecule has 0 atom stereocenters. The Labute approximate surface area is 199 Å². The highest BCUT2D eigenvalue weighted by Crippen LogP contribution is 2.32. The zero-order valence-corrected chi connectivity index (χ0v) is 20.2. The molecule has 7 nitrogen and oxygen atoms in total. The van der Waals surface area contributed by atoms with Crippen LogP contribution in [-0.4, -0.2) is 21.6 Å². The molecule has 33 heavy (non-hydrogen) atoms. The molecule has 0 aliphatic carbocycles. The minimum absolute atomic E-state index is 0.0437. The van der Waals surface area contributed by atoms with Gasteiger partial charge in [-0.2, -0.15) is 0 Å². The number of non-ortho nitro benzene ring substituents is 1. The van der Waals surface area contributed by atoms with Crippen molar-refractivity contribution in [2.75, 3.05) is 7.11 Å². The molecule has 0 bridgehead atoms. The Morgan fingerprint density at radius 2 is 1.97 bits per heavy atom. The minimum Gasteiger partial charge on any atom is -0.497 e. The van der Waals surface area contributed by atoms with Crippen LogP contribution in [-0.2, 0) is 12.2 Å². The van der Waals surface area contributed by atoms with E-state index in [1.807, 2.05) is 37.3 Å². The van der Waals surface area contributed by atoms with Gasteiger partial charge in [0.05, 0.1) is 23.1 Å². The van der Waals surface area contributed by atoms with Gasteiger partial charge in [-0.05, 0) is 48.7 Å². The van der Waals surface area contributed by atoms with E-state index in [4.69, 9.17) is 9.72 Å². The molecule has 0 aliphatic rings.